The van der Waals surface area contributed by atoms with Crippen molar-refractivity contribution in [2.24, 2.45) is 0 Å². The lowest BCUT2D eigenvalue weighted by Gasteiger charge is -2.16. The number of benzene rings is 1. The lowest BCUT2D eigenvalue weighted by Crippen LogP contribution is -2.42. The maximum Gasteiger partial charge on any atom is 0.336 e. The molecule has 1 rings (SSSR count). The van der Waals surface area contributed by atoms with Gasteiger partial charge in [0.05, 0.1) is 13.7 Å². The van der Waals surface area contributed by atoms with Crippen LogP contribution in [0.25, 0.3) is 0 Å². The fourth-order valence-electron chi connectivity index (χ4n) is 1.34. The molecule has 2 N–H and O–H groups in total. The summed E-state index contributed by atoms with van der Waals surface area (Å²) < 4.78 is 22.8. The van der Waals surface area contributed by atoms with Crippen molar-refractivity contribution in [3.8, 4) is 5.75 Å². The molecule has 0 spiro atoms. The Kier molecular flexibility index (Phi) is 5.92. The molecule has 2 atom stereocenters. The first kappa shape index (κ1) is 15.9. The Bertz CT molecular complexity index is 480. The summed E-state index contributed by atoms with van der Waals surface area (Å²) in [5.74, 6) is -2.07. The molecule has 20 heavy (non-hydrogen) atoms. The van der Waals surface area contributed by atoms with E-state index in [0.29, 0.717) is 0 Å². The number of amides is 1. The van der Waals surface area contributed by atoms with Crippen LogP contribution < -0.4 is 10.1 Å². The molecule has 0 aromatic heterocycles. The van der Waals surface area contributed by atoms with Crippen LogP contribution in [0.5, 0.6) is 5.75 Å². The molecule has 1 aromatic carbocycles. The number of nitrogens with one attached hydrogen (secondary N) is 1. The van der Waals surface area contributed by atoms with Gasteiger partial charge in [-0.15, -0.1) is 0 Å². The van der Waals surface area contributed by atoms with Gasteiger partial charge in [-0.1, -0.05) is 12.1 Å². The molecule has 0 bridgehead atoms. The van der Waals surface area contributed by atoms with Gasteiger partial charge >= 0.3 is 5.97 Å². The van der Waals surface area contributed by atoms with Crippen molar-refractivity contribution in [3.63, 3.8) is 0 Å². The van der Waals surface area contributed by atoms with Crippen LogP contribution in [0, 0.1) is 5.82 Å². The van der Waals surface area contributed by atoms with Gasteiger partial charge in [0.15, 0.2) is 23.8 Å². The van der Waals surface area contributed by atoms with Crippen LogP contribution >= 0.6 is 0 Å². The molecule has 0 aliphatic heterocycles. The Balaban J connectivity index is 2.48. The number of methoxy groups -OCH3 is 1. The summed E-state index contributed by atoms with van der Waals surface area (Å²) in [7, 11) is 1.12. The van der Waals surface area contributed by atoms with Crippen molar-refractivity contribution in [3.05, 3.63) is 30.1 Å². The number of rotatable bonds is 6. The van der Waals surface area contributed by atoms with Crippen molar-refractivity contribution in [2.75, 3.05) is 13.7 Å². The summed E-state index contributed by atoms with van der Waals surface area (Å²) in [5, 5.41) is 11.6. The Morgan fingerprint density at radius 2 is 2.05 bits per heavy atom. The van der Waals surface area contributed by atoms with Gasteiger partial charge < -0.3 is 19.9 Å². The molecule has 0 radical (unpaired) electrons. The van der Waals surface area contributed by atoms with E-state index in [9.17, 15) is 19.1 Å². The van der Waals surface area contributed by atoms with Crippen LogP contribution in [0.2, 0.25) is 0 Å². The SMILES string of the molecule is COC(=O)C(O)CNC(=O)C(C)Oc1ccccc1F. The van der Waals surface area contributed by atoms with Crippen molar-refractivity contribution in [2.45, 2.75) is 19.1 Å². The van der Waals surface area contributed by atoms with Crippen LogP contribution in [-0.2, 0) is 14.3 Å². The third kappa shape index (κ3) is 4.51. The highest BCUT2D eigenvalue weighted by atomic mass is 19.1. The number of esters is 1. The summed E-state index contributed by atoms with van der Waals surface area (Å²) in [6.45, 7) is 1.11. The van der Waals surface area contributed by atoms with E-state index in [1.807, 2.05) is 0 Å². The van der Waals surface area contributed by atoms with Crippen LogP contribution in [0.4, 0.5) is 4.39 Å². The Morgan fingerprint density at radius 3 is 2.65 bits per heavy atom. The molecule has 7 heteroatoms. The topological polar surface area (TPSA) is 84.9 Å². The summed E-state index contributed by atoms with van der Waals surface area (Å²) in [4.78, 5) is 22.6. The van der Waals surface area contributed by atoms with E-state index in [4.69, 9.17) is 4.74 Å². The Labute approximate surface area is 115 Å². The first-order valence-electron chi connectivity index (χ1n) is 5.90. The minimum absolute atomic E-state index is 0.0522. The van der Waals surface area contributed by atoms with Gasteiger partial charge in [-0.2, -0.15) is 0 Å². The van der Waals surface area contributed by atoms with Gasteiger partial charge in [-0.05, 0) is 19.1 Å². The average molecular weight is 285 g/mol. The second-order valence-electron chi connectivity index (χ2n) is 3.97. The molecule has 1 aromatic rings. The molecule has 1 amide bonds. The maximum absolute atomic E-state index is 13.3. The van der Waals surface area contributed by atoms with E-state index >= 15 is 0 Å². The lowest BCUT2D eigenvalue weighted by molar-refractivity contribution is -0.150. The number of aliphatic hydroxyl groups is 1. The number of para-hydroxylation sites is 1. The summed E-state index contributed by atoms with van der Waals surface area (Å²) in [5.41, 5.74) is 0. The number of ether oxygens (including phenoxy) is 2. The fourth-order valence-corrected chi connectivity index (χ4v) is 1.34. The van der Waals surface area contributed by atoms with E-state index in [0.717, 1.165) is 7.11 Å². The minimum atomic E-state index is -1.45. The van der Waals surface area contributed by atoms with E-state index in [1.54, 1.807) is 6.07 Å². The van der Waals surface area contributed by atoms with Gasteiger partial charge in [0.1, 0.15) is 0 Å². The highest BCUT2D eigenvalue weighted by molar-refractivity contribution is 5.82. The molecule has 0 fully saturated rings. The van der Waals surface area contributed by atoms with Crippen LogP contribution in [0.3, 0.4) is 0 Å². The zero-order valence-electron chi connectivity index (χ0n) is 11.1. The lowest BCUT2D eigenvalue weighted by atomic mass is 10.3. The molecule has 6 nitrogen and oxygen atoms in total. The van der Waals surface area contributed by atoms with E-state index in [1.165, 1.54) is 25.1 Å². The number of hydrogen-bond donors (Lipinski definition) is 2. The van der Waals surface area contributed by atoms with Gasteiger partial charge in [-0.25, -0.2) is 9.18 Å². The summed E-state index contributed by atoms with van der Waals surface area (Å²) >= 11 is 0. The fraction of sp³-hybridized carbons (Fsp3) is 0.385. The first-order valence-corrected chi connectivity index (χ1v) is 5.90. The molecule has 2 unspecified atom stereocenters. The van der Waals surface area contributed by atoms with Crippen molar-refractivity contribution < 1.29 is 28.6 Å². The first-order chi connectivity index (χ1) is 9.45. The van der Waals surface area contributed by atoms with Gasteiger partial charge in [-0.3, -0.25) is 4.79 Å². The quantitative estimate of drug-likeness (QED) is 0.732. The standard InChI is InChI=1S/C13H16FNO5/c1-8(20-11-6-4-3-5-9(11)14)12(17)15-7-10(16)13(18)19-2/h3-6,8,10,16H,7H2,1-2H3,(H,15,17). The van der Waals surface area contributed by atoms with Gasteiger partial charge in [0.25, 0.3) is 5.91 Å². The number of hydrogen-bond acceptors (Lipinski definition) is 5. The number of halogens is 1. The zero-order chi connectivity index (χ0) is 15.1. The molecule has 0 saturated heterocycles. The molecule has 0 saturated carbocycles. The second-order valence-corrected chi connectivity index (χ2v) is 3.97. The highest BCUT2D eigenvalue weighted by Gasteiger charge is 2.20. The molecular formula is C13H16FNO5. The zero-order valence-corrected chi connectivity index (χ0v) is 11.1. The molecular weight excluding hydrogens is 269 g/mol. The molecule has 0 heterocycles. The van der Waals surface area contributed by atoms with Crippen LogP contribution in [0.15, 0.2) is 24.3 Å². The summed E-state index contributed by atoms with van der Waals surface area (Å²) in [6.07, 6.45) is -2.43. The van der Waals surface area contributed by atoms with Crippen LogP contribution in [-0.4, -0.2) is 42.8 Å². The third-order valence-electron chi connectivity index (χ3n) is 2.45. The predicted octanol–water partition coefficient (Wildman–Crippen LogP) is 0.243. The van der Waals surface area contributed by atoms with Crippen molar-refractivity contribution in [1.82, 2.24) is 5.32 Å². The summed E-state index contributed by atoms with van der Waals surface area (Å²) in [6, 6.07) is 5.67. The van der Waals surface area contributed by atoms with Gasteiger partial charge in [0, 0.05) is 0 Å². The van der Waals surface area contributed by atoms with Crippen molar-refractivity contribution >= 4 is 11.9 Å². The van der Waals surface area contributed by atoms with E-state index in [2.05, 4.69) is 10.1 Å². The van der Waals surface area contributed by atoms with E-state index < -0.39 is 29.9 Å². The van der Waals surface area contributed by atoms with Gasteiger partial charge in [0.2, 0.25) is 0 Å². The maximum atomic E-state index is 13.3. The predicted molar refractivity (Wildman–Crippen MR) is 67.5 cm³/mol. The minimum Gasteiger partial charge on any atom is -0.478 e. The normalized spacial score (nSPS) is 13.2. The Hall–Kier alpha value is -2.15. The van der Waals surface area contributed by atoms with Crippen LogP contribution in [0.1, 0.15) is 6.92 Å². The Morgan fingerprint density at radius 1 is 1.40 bits per heavy atom. The third-order valence-corrected chi connectivity index (χ3v) is 2.45. The monoisotopic (exact) mass is 285 g/mol. The van der Waals surface area contributed by atoms with E-state index in [-0.39, 0.29) is 12.3 Å². The molecule has 0 aliphatic carbocycles. The van der Waals surface area contributed by atoms with Crippen molar-refractivity contribution in [1.29, 1.82) is 0 Å². The number of aliphatic hydroxyl groups excluding tert-OH is 1. The second kappa shape index (κ2) is 7.44. The number of carbonyl (C=O) groups is 2. The average Bonchev–Trinajstić information content (AvgIpc) is 2.45. The largest absolute Gasteiger partial charge is 0.478 e. The highest BCUT2D eigenvalue weighted by Crippen LogP contribution is 2.16. The molecule has 0 aliphatic rings. The number of carbonyl (C=O) groups excluding carboxylic acids is 2. The smallest absolute Gasteiger partial charge is 0.336 e. The molecule has 110 valence electrons.